The first-order valence-electron chi connectivity index (χ1n) is 6.19. The molecule has 1 aromatic heterocycles. The van der Waals surface area contributed by atoms with E-state index in [1.54, 1.807) is 0 Å². The molecule has 106 valence electrons. The zero-order chi connectivity index (χ0) is 14.3. The van der Waals surface area contributed by atoms with Gasteiger partial charge >= 0.3 is 0 Å². The number of carbonyl (C=O) groups excluding carboxylic acids is 1. The summed E-state index contributed by atoms with van der Waals surface area (Å²) in [5.74, 6) is -0.491. The summed E-state index contributed by atoms with van der Waals surface area (Å²) >= 11 is 0. The van der Waals surface area contributed by atoms with Gasteiger partial charge in [0.2, 0.25) is 10.0 Å². The van der Waals surface area contributed by atoms with Crippen molar-refractivity contribution in [1.29, 1.82) is 0 Å². The highest BCUT2D eigenvalue weighted by molar-refractivity contribution is 7.89. The van der Waals surface area contributed by atoms with Gasteiger partial charge in [0.1, 0.15) is 4.90 Å². The number of nitrogens with one attached hydrogen (secondary N) is 2. The molecule has 1 amide bonds. The molecule has 0 aliphatic heterocycles. The highest BCUT2D eigenvalue weighted by Crippen LogP contribution is 2.35. The first kappa shape index (κ1) is 14.0. The molecule has 0 spiro atoms. The summed E-state index contributed by atoms with van der Waals surface area (Å²) in [5.41, 5.74) is -0.105. The third-order valence-electron chi connectivity index (χ3n) is 3.76. The van der Waals surface area contributed by atoms with Gasteiger partial charge in [-0.15, -0.1) is 0 Å². The van der Waals surface area contributed by atoms with Gasteiger partial charge in [0.05, 0.1) is 5.69 Å². The number of hydrogen-bond donors (Lipinski definition) is 3. The molecule has 0 bridgehead atoms. The van der Waals surface area contributed by atoms with Gasteiger partial charge in [0, 0.05) is 5.54 Å². The van der Waals surface area contributed by atoms with Crippen molar-refractivity contribution in [1.82, 2.24) is 15.5 Å². The standard InChI is InChI=1S/C11H18N4O3S/c1-3-11(5-4-6-11)13-10(16)8-9(19(12,17)18)7(2)14-15-8/h3-6H2,1-2H3,(H,13,16)(H,14,15)(H2,12,17,18). The second-order valence-electron chi connectivity index (χ2n) is 5.01. The number of nitrogens with zero attached hydrogens (tertiary/aromatic N) is 1. The fourth-order valence-electron chi connectivity index (χ4n) is 2.39. The van der Waals surface area contributed by atoms with Crippen LogP contribution in [0.2, 0.25) is 0 Å². The van der Waals surface area contributed by atoms with Crippen LogP contribution >= 0.6 is 0 Å². The van der Waals surface area contributed by atoms with E-state index in [0.717, 1.165) is 25.7 Å². The van der Waals surface area contributed by atoms with Crippen molar-refractivity contribution in [3.8, 4) is 0 Å². The minimum atomic E-state index is -3.97. The molecule has 0 saturated heterocycles. The van der Waals surface area contributed by atoms with Gasteiger partial charge in [-0.05, 0) is 32.6 Å². The monoisotopic (exact) mass is 286 g/mol. The second kappa shape index (κ2) is 4.61. The van der Waals surface area contributed by atoms with Crippen LogP contribution in [0.5, 0.6) is 0 Å². The Kier molecular flexibility index (Phi) is 3.40. The summed E-state index contributed by atoms with van der Waals surface area (Å²) < 4.78 is 23.0. The van der Waals surface area contributed by atoms with Crippen molar-refractivity contribution in [2.75, 3.05) is 0 Å². The molecule has 1 aromatic rings. The maximum absolute atomic E-state index is 12.2. The van der Waals surface area contributed by atoms with E-state index < -0.39 is 15.9 Å². The lowest BCUT2D eigenvalue weighted by Gasteiger charge is -2.41. The van der Waals surface area contributed by atoms with Gasteiger partial charge < -0.3 is 5.32 Å². The molecule has 2 rings (SSSR count). The van der Waals surface area contributed by atoms with Gasteiger partial charge in [-0.2, -0.15) is 5.10 Å². The van der Waals surface area contributed by atoms with E-state index in [4.69, 9.17) is 5.14 Å². The third-order valence-corrected chi connectivity index (χ3v) is 4.83. The fraction of sp³-hybridized carbons (Fsp3) is 0.636. The van der Waals surface area contributed by atoms with Crippen LogP contribution in [0, 0.1) is 6.92 Å². The van der Waals surface area contributed by atoms with E-state index in [2.05, 4.69) is 15.5 Å². The molecule has 4 N–H and O–H groups in total. The quantitative estimate of drug-likeness (QED) is 0.743. The maximum Gasteiger partial charge on any atom is 0.273 e. The Labute approximate surface area is 112 Å². The first-order chi connectivity index (χ1) is 8.79. The Hall–Kier alpha value is -1.41. The Balaban J connectivity index is 2.30. The van der Waals surface area contributed by atoms with Crippen LogP contribution in [0.3, 0.4) is 0 Å². The topological polar surface area (TPSA) is 118 Å². The van der Waals surface area contributed by atoms with Crippen LogP contribution in [-0.2, 0) is 10.0 Å². The molecule has 0 atom stereocenters. The van der Waals surface area contributed by atoms with Crippen molar-refractivity contribution in [3.63, 3.8) is 0 Å². The zero-order valence-electron chi connectivity index (χ0n) is 11.0. The van der Waals surface area contributed by atoms with Gasteiger partial charge in [-0.25, -0.2) is 13.6 Å². The molecule has 0 unspecified atom stereocenters. The molecule has 7 nitrogen and oxygen atoms in total. The molecular formula is C11H18N4O3S. The van der Waals surface area contributed by atoms with E-state index >= 15 is 0 Å². The van der Waals surface area contributed by atoms with Crippen LogP contribution in [0.15, 0.2) is 4.90 Å². The number of aromatic amines is 1. The van der Waals surface area contributed by atoms with Crippen LogP contribution in [-0.4, -0.2) is 30.1 Å². The van der Waals surface area contributed by atoms with Gasteiger partial charge in [0.15, 0.2) is 5.69 Å². The number of hydrogen-bond acceptors (Lipinski definition) is 4. The minimum Gasteiger partial charge on any atom is -0.345 e. The van der Waals surface area contributed by atoms with Crippen molar-refractivity contribution < 1.29 is 13.2 Å². The van der Waals surface area contributed by atoms with Crippen LogP contribution < -0.4 is 10.5 Å². The number of amides is 1. The molecule has 1 saturated carbocycles. The number of aromatic nitrogens is 2. The Morgan fingerprint density at radius 2 is 2.16 bits per heavy atom. The van der Waals surface area contributed by atoms with Crippen LogP contribution in [0.1, 0.15) is 48.8 Å². The van der Waals surface area contributed by atoms with E-state index in [0.29, 0.717) is 0 Å². The molecule has 1 fully saturated rings. The Bertz CT molecular complexity index is 596. The summed E-state index contributed by atoms with van der Waals surface area (Å²) in [6.45, 7) is 3.51. The number of carbonyl (C=O) groups is 1. The lowest BCUT2D eigenvalue weighted by atomic mass is 9.75. The van der Waals surface area contributed by atoms with Crippen LogP contribution in [0.25, 0.3) is 0 Å². The predicted molar refractivity (Wildman–Crippen MR) is 69.0 cm³/mol. The van der Waals surface area contributed by atoms with Crippen molar-refractivity contribution >= 4 is 15.9 Å². The predicted octanol–water partition coefficient (Wildman–Crippen LogP) is 0.428. The average Bonchev–Trinajstić information content (AvgIpc) is 2.65. The number of H-pyrrole nitrogens is 1. The summed E-state index contributed by atoms with van der Waals surface area (Å²) in [6, 6.07) is 0. The van der Waals surface area contributed by atoms with Gasteiger partial charge in [0.25, 0.3) is 5.91 Å². The highest BCUT2D eigenvalue weighted by atomic mass is 32.2. The molecule has 0 aromatic carbocycles. The minimum absolute atomic E-state index is 0.153. The lowest BCUT2D eigenvalue weighted by Crippen LogP contribution is -2.53. The number of primary sulfonamides is 1. The molecule has 19 heavy (non-hydrogen) atoms. The summed E-state index contributed by atoms with van der Waals surface area (Å²) in [5, 5.41) is 14.3. The summed E-state index contributed by atoms with van der Waals surface area (Å²) in [6.07, 6.45) is 3.69. The lowest BCUT2D eigenvalue weighted by molar-refractivity contribution is 0.0811. The molecule has 0 radical (unpaired) electrons. The first-order valence-corrected chi connectivity index (χ1v) is 7.74. The number of sulfonamides is 1. The van der Waals surface area contributed by atoms with Gasteiger partial charge in [-0.3, -0.25) is 9.89 Å². The Morgan fingerprint density at radius 1 is 1.53 bits per heavy atom. The normalized spacial score (nSPS) is 17.8. The average molecular weight is 286 g/mol. The van der Waals surface area contributed by atoms with E-state index in [1.165, 1.54) is 6.92 Å². The van der Waals surface area contributed by atoms with Crippen molar-refractivity contribution in [3.05, 3.63) is 11.4 Å². The molecule has 1 heterocycles. The smallest absolute Gasteiger partial charge is 0.273 e. The summed E-state index contributed by atoms with van der Waals surface area (Å²) in [4.78, 5) is 12.0. The third kappa shape index (κ3) is 2.50. The molecule has 8 heteroatoms. The molecular weight excluding hydrogens is 268 g/mol. The van der Waals surface area contributed by atoms with Gasteiger partial charge in [-0.1, -0.05) is 6.92 Å². The highest BCUT2D eigenvalue weighted by Gasteiger charge is 2.38. The van der Waals surface area contributed by atoms with Crippen LogP contribution in [0.4, 0.5) is 0 Å². The SMILES string of the molecule is CCC1(NC(=O)c2n[nH]c(C)c2S(N)(=O)=O)CCC1. The number of rotatable bonds is 4. The number of aryl methyl sites for hydroxylation is 1. The molecule has 1 aliphatic rings. The van der Waals surface area contributed by atoms with Crippen molar-refractivity contribution in [2.45, 2.75) is 50.0 Å². The van der Waals surface area contributed by atoms with E-state index in [1.807, 2.05) is 6.92 Å². The maximum atomic E-state index is 12.2. The Morgan fingerprint density at radius 3 is 2.58 bits per heavy atom. The summed E-state index contributed by atoms with van der Waals surface area (Å²) in [7, 11) is -3.97. The zero-order valence-corrected chi connectivity index (χ0v) is 11.8. The van der Waals surface area contributed by atoms with Crippen molar-refractivity contribution in [2.24, 2.45) is 5.14 Å². The number of nitrogens with two attached hydrogens (primary N) is 1. The second-order valence-corrected chi connectivity index (χ2v) is 6.51. The largest absolute Gasteiger partial charge is 0.345 e. The molecule has 1 aliphatic carbocycles. The van der Waals surface area contributed by atoms with E-state index in [-0.39, 0.29) is 21.8 Å². The fourth-order valence-corrected chi connectivity index (χ4v) is 3.27. The van der Waals surface area contributed by atoms with E-state index in [9.17, 15) is 13.2 Å².